The minimum absolute atomic E-state index is 0.00516. The highest BCUT2D eigenvalue weighted by Gasteiger charge is 2.42. The van der Waals surface area contributed by atoms with E-state index in [0.717, 1.165) is 25.4 Å². The summed E-state index contributed by atoms with van der Waals surface area (Å²) in [4.78, 5) is 24.4. The molecule has 1 aromatic carbocycles. The number of anilines is 1. The summed E-state index contributed by atoms with van der Waals surface area (Å²) in [5, 5.41) is 10.9. The van der Waals surface area contributed by atoms with Crippen molar-refractivity contribution in [1.82, 2.24) is 0 Å². The van der Waals surface area contributed by atoms with Crippen molar-refractivity contribution in [3.63, 3.8) is 0 Å². The molecule has 126 valence electrons. The Morgan fingerprint density at radius 3 is 2.70 bits per heavy atom. The largest absolute Gasteiger partial charge is 0.465 e. The molecule has 1 saturated heterocycles. The SMILES string of the molecule is COC(=O)c1ccc([N+](=O)[O-])cc1N1CCC2CC2C1.FCF. The van der Waals surface area contributed by atoms with Crippen LogP contribution in [0.15, 0.2) is 18.2 Å². The summed E-state index contributed by atoms with van der Waals surface area (Å²) in [6.45, 7) is -0.0395. The van der Waals surface area contributed by atoms with E-state index in [2.05, 4.69) is 4.90 Å². The quantitative estimate of drug-likeness (QED) is 0.484. The van der Waals surface area contributed by atoms with Crippen LogP contribution < -0.4 is 4.90 Å². The summed E-state index contributed by atoms with van der Waals surface area (Å²) in [6.07, 6.45) is 2.33. The molecule has 1 aromatic rings. The number of hydrogen-bond acceptors (Lipinski definition) is 5. The number of carbonyl (C=O) groups excluding carboxylic acids is 1. The third-order valence-electron chi connectivity index (χ3n) is 4.23. The Morgan fingerprint density at radius 2 is 2.13 bits per heavy atom. The molecule has 1 aliphatic carbocycles. The molecular formula is C15H18F2N2O4. The Hall–Kier alpha value is -2.25. The number of piperidine rings is 1. The molecule has 0 aromatic heterocycles. The molecule has 1 heterocycles. The smallest absolute Gasteiger partial charge is 0.339 e. The maximum Gasteiger partial charge on any atom is 0.339 e. The number of halogens is 2. The normalized spacial score (nSPS) is 21.6. The Balaban J connectivity index is 0.000000595. The van der Waals surface area contributed by atoms with Gasteiger partial charge in [0.15, 0.2) is 0 Å². The number of ether oxygens (including phenoxy) is 1. The minimum atomic E-state index is -1.75. The van der Waals surface area contributed by atoms with Gasteiger partial charge in [-0.05, 0) is 30.7 Å². The van der Waals surface area contributed by atoms with Gasteiger partial charge in [-0.3, -0.25) is 10.1 Å². The molecule has 2 aliphatic rings. The summed E-state index contributed by atoms with van der Waals surface area (Å²) >= 11 is 0. The first-order valence-electron chi connectivity index (χ1n) is 7.25. The van der Waals surface area contributed by atoms with Crippen LogP contribution in [0.1, 0.15) is 23.2 Å². The van der Waals surface area contributed by atoms with E-state index in [1.807, 2.05) is 0 Å². The van der Waals surface area contributed by atoms with E-state index in [1.165, 1.54) is 31.7 Å². The van der Waals surface area contributed by atoms with Crippen LogP contribution in [0.5, 0.6) is 0 Å². The maximum absolute atomic E-state index is 11.8. The number of rotatable bonds is 3. The van der Waals surface area contributed by atoms with Gasteiger partial charge in [-0.1, -0.05) is 0 Å². The lowest BCUT2D eigenvalue weighted by molar-refractivity contribution is -0.384. The number of carbonyl (C=O) groups is 1. The van der Waals surface area contributed by atoms with E-state index in [4.69, 9.17) is 4.74 Å². The van der Waals surface area contributed by atoms with Crippen molar-refractivity contribution in [3.05, 3.63) is 33.9 Å². The third kappa shape index (κ3) is 3.94. The number of esters is 1. The molecule has 0 radical (unpaired) electrons. The summed E-state index contributed by atoms with van der Waals surface area (Å²) in [5.74, 6) is 1.04. The summed E-state index contributed by atoms with van der Waals surface area (Å²) in [6, 6.07) is 4.31. The van der Waals surface area contributed by atoms with Crippen LogP contribution >= 0.6 is 0 Å². The van der Waals surface area contributed by atoms with Crippen LogP contribution in [0.25, 0.3) is 0 Å². The molecule has 0 N–H and O–H groups in total. The van der Waals surface area contributed by atoms with Gasteiger partial charge in [-0.2, -0.15) is 0 Å². The summed E-state index contributed by atoms with van der Waals surface area (Å²) in [5.41, 5.74) is 1.03. The molecular weight excluding hydrogens is 310 g/mol. The van der Waals surface area contributed by atoms with Gasteiger partial charge in [0, 0.05) is 25.2 Å². The van der Waals surface area contributed by atoms with Crippen molar-refractivity contribution in [2.45, 2.75) is 12.8 Å². The predicted octanol–water partition coefficient (Wildman–Crippen LogP) is 3.11. The van der Waals surface area contributed by atoms with Gasteiger partial charge in [0.2, 0.25) is 6.93 Å². The van der Waals surface area contributed by atoms with Crippen LogP contribution in [-0.2, 0) is 4.74 Å². The monoisotopic (exact) mass is 328 g/mol. The van der Waals surface area contributed by atoms with E-state index in [9.17, 15) is 23.7 Å². The molecule has 6 nitrogen and oxygen atoms in total. The number of nitrogens with zero attached hydrogens (tertiary/aromatic N) is 2. The molecule has 0 amide bonds. The number of alkyl halides is 2. The topological polar surface area (TPSA) is 72.7 Å². The summed E-state index contributed by atoms with van der Waals surface area (Å²) < 4.78 is 24.0. The standard InChI is InChI=1S/C14H16N2O4.CH2F2/c1-20-14(17)12-3-2-11(16(18)19)7-13(12)15-5-4-9-6-10(9)8-15;2-1-3/h2-3,7,9-10H,4-6,8H2,1H3;1H2. The number of non-ortho nitro benzene ring substituents is 1. The average Bonchev–Trinajstić information content (AvgIpc) is 3.32. The molecule has 1 saturated carbocycles. The second kappa shape index (κ2) is 7.34. The van der Waals surface area contributed by atoms with Gasteiger partial charge in [0.1, 0.15) is 0 Å². The average molecular weight is 328 g/mol. The van der Waals surface area contributed by atoms with E-state index in [0.29, 0.717) is 17.2 Å². The fourth-order valence-electron chi connectivity index (χ4n) is 2.98. The van der Waals surface area contributed by atoms with Crippen molar-refractivity contribution in [3.8, 4) is 0 Å². The zero-order valence-corrected chi connectivity index (χ0v) is 12.7. The van der Waals surface area contributed by atoms with Gasteiger partial charge in [0.25, 0.3) is 5.69 Å². The third-order valence-corrected chi connectivity index (χ3v) is 4.23. The van der Waals surface area contributed by atoms with Crippen LogP contribution in [-0.4, -0.2) is 38.0 Å². The predicted molar refractivity (Wildman–Crippen MR) is 79.9 cm³/mol. The first kappa shape index (κ1) is 17.1. The van der Waals surface area contributed by atoms with E-state index in [-0.39, 0.29) is 5.69 Å². The maximum atomic E-state index is 11.8. The van der Waals surface area contributed by atoms with Crippen molar-refractivity contribution >= 4 is 17.3 Å². The molecule has 2 fully saturated rings. The van der Waals surface area contributed by atoms with Crippen LogP contribution in [0.3, 0.4) is 0 Å². The molecule has 8 heteroatoms. The van der Waals surface area contributed by atoms with E-state index >= 15 is 0 Å². The van der Waals surface area contributed by atoms with Crippen molar-refractivity contribution in [1.29, 1.82) is 0 Å². The number of hydrogen-bond donors (Lipinski definition) is 0. The van der Waals surface area contributed by atoms with Crippen molar-refractivity contribution in [2.24, 2.45) is 11.8 Å². The van der Waals surface area contributed by atoms with Gasteiger partial charge in [0.05, 0.1) is 23.3 Å². The fraction of sp³-hybridized carbons (Fsp3) is 0.533. The molecule has 1 aliphatic heterocycles. The van der Waals surface area contributed by atoms with Crippen LogP contribution in [0, 0.1) is 22.0 Å². The van der Waals surface area contributed by atoms with Crippen LogP contribution in [0.4, 0.5) is 20.2 Å². The van der Waals surface area contributed by atoms with Crippen molar-refractivity contribution < 1.29 is 23.2 Å². The summed E-state index contributed by atoms with van der Waals surface area (Å²) in [7, 11) is 1.32. The highest BCUT2D eigenvalue weighted by atomic mass is 19.3. The Morgan fingerprint density at radius 1 is 1.43 bits per heavy atom. The van der Waals surface area contributed by atoms with Gasteiger partial charge >= 0.3 is 5.97 Å². The molecule has 0 spiro atoms. The minimum Gasteiger partial charge on any atom is -0.465 e. The zero-order chi connectivity index (χ0) is 17.0. The lowest BCUT2D eigenvalue weighted by atomic mass is 10.1. The lowest BCUT2D eigenvalue weighted by Crippen LogP contribution is -2.32. The molecule has 2 atom stereocenters. The van der Waals surface area contributed by atoms with E-state index < -0.39 is 17.8 Å². The highest BCUT2D eigenvalue weighted by Crippen LogP contribution is 2.46. The molecule has 3 rings (SSSR count). The number of benzene rings is 1. The second-order valence-electron chi connectivity index (χ2n) is 5.54. The Kier molecular flexibility index (Phi) is 5.46. The Bertz CT molecular complexity index is 597. The zero-order valence-electron chi connectivity index (χ0n) is 12.7. The van der Waals surface area contributed by atoms with E-state index in [1.54, 1.807) is 0 Å². The second-order valence-corrected chi connectivity index (χ2v) is 5.54. The first-order chi connectivity index (χ1) is 11.0. The highest BCUT2D eigenvalue weighted by molar-refractivity contribution is 5.96. The van der Waals surface area contributed by atoms with Gasteiger partial charge < -0.3 is 9.64 Å². The molecule has 23 heavy (non-hydrogen) atoms. The van der Waals surface area contributed by atoms with Crippen molar-refractivity contribution in [2.75, 3.05) is 32.0 Å². The Labute approximate surface area is 132 Å². The van der Waals surface area contributed by atoms with Crippen LogP contribution in [0.2, 0.25) is 0 Å². The number of fused-ring (bicyclic) bond motifs is 1. The van der Waals surface area contributed by atoms with Gasteiger partial charge in [-0.15, -0.1) is 0 Å². The number of nitro benzene ring substituents is 1. The molecule has 2 unspecified atom stereocenters. The lowest BCUT2D eigenvalue weighted by Gasteiger charge is -2.29. The molecule has 0 bridgehead atoms. The number of nitro groups is 1. The fourth-order valence-corrected chi connectivity index (χ4v) is 2.98. The van der Waals surface area contributed by atoms with Gasteiger partial charge in [-0.25, -0.2) is 13.6 Å². The first-order valence-corrected chi connectivity index (χ1v) is 7.25. The number of methoxy groups -OCH3 is 1.